The number of thioether (sulfide) groups is 1. The van der Waals surface area contributed by atoms with Crippen LogP contribution in [0.3, 0.4) is 0 Å². The van der Waals surface area contributed by atoms with E-state index in [1.54, 1.807) is 0 Å². The molecule has 0 radical (unpaired) electrons. The standard InChI is InChI=1S/C26H30N2O3S2/c1-15(2)18-12-19-22(33-25(27)28-19)13-21(18)32-23-20(29)14-26(16(3)4,31-24(23)30)11-10-17-8-6-5-7-9-17/h5-9,12-13,15-16,23H,10-11,14H2,1-4H3,(H2,27,28)/t23?,26-/m0/s1. The SMILES string of the molecule is CC(C)c1cc2nc(N)sc2cc1SC1C(=O)C[C@@](CCc2ccccc2)(C(C)C)OC1=O. The van der Waals surface area contributed by atoms with E-state index >= 15 is 0 Å². The van der Waals surface area contributed by atoms with Gasteiger partial charge in [-0.05, 0) is 47.9 Å². The molecule has 0 spiro atoms. The highest BCUT2D eigenvalue weighted by Gasteiger charge is 2.49. The maximum atomic E-state index is 13.3. The van der Waals surface area contributed by atoms with E-state index in [1.165, 1.54) is 28.7 Å². The Hall–Kier alpha value is -2.38. The number of ketones is 1. The summed E-state index contributed by atoms with van der Waals surface area (Å²) in [6.45, 7) is 8.24. The lowest BCUT2D eigenvalue weighted by Gasteiger charge is -2.41. The third kappa shape index (κ3) is 4.94. The van der Waals surface area contributed by atoms with Crippen molar-refractivity contribution in [3.63, 3.8) is 0 Å². The van der Waals surface area contributed by atoms with Gasteiger partial charge in [-0.2, -0.15) is 0 Å². The molecule has 0 saturated carbocycles. The quantitative estimate of drug-likeness (QED) is 0.328. The van der Waals surface area contributed by atoms with Crippen LogP contribution in [0.4, 0.5) is 5.13 Å². The van der Waals surface area contributed by atoms with E-state index in [0.717, 1.165) is 27.1 Å². The normalized spacial score (nSPS) is 21.2. The van der Waals surface area contributed by atoms with Crippen molar-refractivity contribution in [3.05, 3.63) is 53.6 Å². The molecule has 33 heavy (non-hydrogen) atoms. The van der Waals surface area contributed by atoms with Gasteiger partial charge in [0.25, 0.3) is 0 Å². The van der Waals surface area contributed by atoms with E-state index in [9.17, 15) is 9.59 Å². The highest BCUT2D eigenvalue weighted by Crippen LogP contribution is 2.42. The van der Waals surface area contributed by atoms with E-state index in [0.29, 0.717) is 11.6 Å². The molecule has 7 heteroatoms. The maximum absolute atomic E-state index is 13.3. The van der Waals surface area contributed by atoms with Crippen LogP contribution in [0.15, 0.2) is 47.4 Å². The molecule has 2 N–H and O–H groups in total. The molecule has 1 aliphatic heterocycles. The number of fused-ring (bicyclic) bond motifs is 1. The van der Waals surface area contributed by atoms with Crippen molar-refractivity contribution in [1.82, 2.24) is 4.98 Å². The van der Waals surface area contributed by atoms with Crippen molar-refractivity contribution in [2.45, 2.75) is 68.6 Å². The van der Waals surface area contributed by atoms with Crippen molar-refractivity contribution >= 4 is 50.2 Å². The summed E-state index contributed by atoms with van der Waals surface area (Å²) in [5.41, 5.74) is 8.22. The summed E-state index contributed by atoms with van der Waals surface area (Å²) in [5, 5.41) is -0.344. The number of nitrogens with zero attached hydrogens (tertiary/aromatic N) is 1. The van der Waals surface area contributed by atoms with Gasteiger partial charge in [-0.3, -0.25) is 9.59 Å². The molecule has 3 aromatic rings. The maximum Gasteiger partial charge on any atom is 0.327 e. The number of hydrogen-bond donors (Lipinski definition) is 1. The summed E-state index contributed by atoms with van der Waals surface area (Å²) < 4.78 is 7.05. The van der Waals surface area contributed by atoms with Gasteiger partial charge in [0.2, 0.25) is 0 Å². The number of ether oxygens (including phenoxy) is 1. The molecule has 1 aliphatic rings. The van der Waals surface area contributed by atoms with E-state index < -0.39 is 16.8 Å². The first-order chi connectivity index (χ1) is 15.7. The molecule has 0 bridgehead atoms. The number of carbonyl (C=O) groups excluding carboxylic acids is 2. The molecule has 4 rings (SSSR count). The lowest BCUT2D eigenvalue weighted by Crippen LogP contribution is -2.52. The first-order valence-corrected chi connectivity index (χ1v) is 13.0. The fourth-order valence-corrected chi connectivity index (χ4v) is 6.40. The van der Waals surface area contributed by atoms with E-state index in [1.807, 2.05) is 44.2 Å². The molecule has 5 nitrogen and oxygen atoms in total. The third-order valence-corrected chi connectivity index (χ3v) is 8.56. The number of hydrogen-bond acceptors (Lipinski definition) is 7. The number of rotatable bonds is 7. The number of carbonyl (C=O) groups is 2. The molecular weight excluding hydrogens is 452 g/mol. The van der Waals surface area contributed by atoms with Crippen molar-refractivity contribution in [2.24, 2.45) is 5.92 Å². The summed E-state index contributed by atoms with van der Waals surface area (Å²) in [7, 11) is 0. The highest BCUT2D eigenvalue weighted by molar-refractivity contribution is 8.01. The molecule has 2 aromatic carbocycles. The second-order valence-corrected chi connectivity index (χ2v) is 11.5. The summed E-state index contributed by atoms with van der Waals surface area (Å²) in [6, 6.07) is 14.1. The molecule has 1 saturated heterocycles. The van der Waals surface area contributed by atoms with Crippen molar-refractivity contribution < 1.29 is 14.3 Å². The first kappa shape index (κ1) is 23.8. The zero-order valence-corrected chi connectivity index (χ0v) is 21.1. The Morgan fingerprint density at radius 2 is 1.91 bits per heavy atom. The van der Waals surface area contributed by atoms with Crippen LogP contribution in [0.1, 0.15) is 57.6 Å². The number of thiazole rings is 1. The molecule has 0 amide bonds. The monoisotopic (exact) mass is 482 g/mol. The average molecular weight is 483 g/mol. The van der Waals surface area contributed by atoms with Gasteiger partial charge in [0.15, 0.2) is 16.2 Å². The van der Waals surface area contributed by atoms with Crippen molar-refractivity contribution in [3.8, 4) is 0 Å². The number of benzene rings is 2. The molecule has 174 valence electrons. The summed E-state index contributed by atoms with van der Waals surface area (Å²) in [6.07, 6.45) is 1.64. The Balaban J connectivity index is 1.57. The summed E-state index contributed by atoms with van der Waals surface area (Å²) in [4.78, 5) is 31.8. The zero-order valence-electron chi connectivity index (χ0n) is 19.5. The largest absolute Gasteiger partial charge is 0.457 e. The molecule has 0 aliphatic carbocycles. The van der Waals surface area contributed by atoms with Gasteiger partial charge in [-0.15, -0.1) is 11.8 Å². The number of aryl methyl sites for hydroxylation is 1. The number of anilines is 1. The second-order valence-electron chi connectivity index (χ2n) is 9.33. The Morgan fingerprint density at radius 3 is 2.55 bits per heavy atom. The average Bonchev–Trinajstić information content (AvgIpc) is 3.13. The van der Waals surface area contributed by atoms with Gasteiger partial charge in [0, 0.05) is 11.3 Å². The van der Waals surface area contributed by atoms with Gasteiger partial charge >= 0.3 is 5.97 Å². The predicted molar refractivity (Wildman–Crippen MR) is 136 cm³/mol. The van der Waals surface area contributed by atoms with Crippen LogP contribution in [0, 0.1) is 5.92 Å². The van der Waals surface area contributed by atoms with E-state index in [2.05, 4.69) is 31.0 Å². The van der Waals surface area contributed by atoms with Crippen LogP contribution in [-0.4, -0.2) is 27.6 Å². The Labute approximate surface area is 203 Å². The molecular formula is C26H30N2O3S2. The molecule has 2 atom stereocenters. The lowest BCUT2D eigenvalue weighted by molar-refractivity contribution is -0.176. The van der Waals surface area contributed by atoms with Gasteiger partial charge in [0.05, 0.1) is 10.2 Å². The van der Waals surface area contributed by atoms with Crippen molar-refractivity contribution in [1.29, 1.82) is 0 Å². The summed E-state index contributed by atoms with van der Waals surface area (Å²) >= 11 is 2.71. The fourth-order valence-electron chi connectivity index (χ4n) is 4.34. The molecule has 1 fully saturated rings. The first-order valence-electron chi connectivity index (χ1n) is 11.3. The minimum absolute atomic E-state index is 0.0443. The van der Waals surface area contributed by atoms with E-state index in [4.69, 9.17) is 10.5 Å². The Bertz CT molecular complexity index is 1150. The molecule has 1 unspecified atom stereocenters. The minimum Gasteiger partial charge on any atom is -0.457 e. The molecule has 1 aromatic heterocycles. The predicted octanol–water partition coefficient (Wildman–Crippen LogP) is 6.01. The number of nitrogens with two attached hydrogens (primary N) is 1. The van der Waals surface area contributed by atoms with Gasteiger partial charge in [0.1, 0.15) is 5.60 Å². The van der Waals surface area contributed by atoms with Crippen LogP contribution in [-0.2, 0) is 20.7 Å². The van der Waals surface area contributed by atoms with Crippen LogP contribution >= 0.6 is 23.1 Å². The zero-order chi connectivity index (χ0) is 23.8. The fraction of sp³-hybridized carbons (Fsp3) is 0.423. The smallest absolute Gasteiger partial charge is 0.327 e. The highest BCUT2D eigenvalue weighted by atomic mass is 32.2. The third-order valence-electron chi connectivity index (χ3n) is 6.42. The minimum atomic E-state index is -0.853. The van der Waals surface area contributed by atoms with Crippen molar-refractivity contribution in [2.75, 3.05) is 5.73 Å². The van der Waals surface area contributed by atoms with Gasteiger partial charge < -0.3 is 10.5 Å². The second kappa shape index (κ2) is 9.47. The molecule has 2 heterocycles. The van der Waals surface area contributed by atoms with E-state index in [-0.39, 0.29) is 24.0 Å². The number of esters is 1. The van der Waals surface area contributed by atoms with Gasteiger partial charge in [-0.1, -0.05) is 69.4 Å². The van der Waals surface area contributed by atoms with Crippen LogP contribution in [0.25, 0.3) is 10.2 Å². The lowest BCUT2D eigenvalue weighted by atomic mass is 9.78. The van der Waals surface area contributed by atoms with Crippen LogP contribution in [0.2, 0.25) is 0 Å². The summed E-state index contributed by atoms with van der Waals surface area (Å²) in [5.74, 6) is -0.230. The number of cyclic esters (lactones) is 1. The number of Topliss-reactive ketones (excluding diaryl/α,β-unsaturated/α-hetero) is 1. The Morgan fingerprint density at radius 1 is 1.18 bits per heavy atom. The van der Waals surface area contributed by atoms with Gasteiger partial charge in [-0.25, -0.2) is 4.98 Å². The van der Waals surface area contributed by atoms with Crippen LogP contribution in [0.5, 0.6) is 0 Å². The number of aromatic nitrogens is 1. The number of nitrogen functional groups attached to an aromatic ring is 1. The van der Waals surface area contributed by atoms with Crippen LogP contribution < -0.4 is 5.73 Å². The Kier molecular flexibility index (Phi) is 6.82. The topological polar surface area (TPSA) is 82.3 Å².